The van der Waals surface area contributed by atoms with E-state index in [0.29, 0.717) is 17.4 Å². The Morgan fingerprint density at radius 1 is 1.19 bits per heavy atom. The van der Waals surface area contributed by atoms with Gasteiger partial charge in [-0.15, -0.1) is 0 Å². The van der Waals surface area contributed by atoms with Crippen LogP contribution in [0.2, 0.25) is 0 Å². The number of nitrogens with one attached hydrogen (secondary N) is 1. The smallest absolute Gasteiger partial charge is 0.333 e. The first-order chi connectivity index (χ1) is 12.4. The Bertz CT molecular complexity index is 678. The molecule has 0 spiro atoms. The normalized spacial score (nSPS) is 26.1. The number of carboxylic acid groups (broad SMARTS) is 1. The van der Waals surface area contributed by atoms with Crippen LogP contribution in [0.3, 0.4) is 0 Å². The molecule has 2 bridgehead atoms. The number of carbonyl (C=O) groups excluding carboxylic acids is 2. The van der Waals surface area contributed by atoms with E-state index >= 15 is 0 Å². The molecule has 26 heavy (non-hydrogen) atoms. The number of nitrogens with two attached hydrogens (primary N) is 1. The lowest BCUT2D eigenvalue weighted by molar-refractivity contribution is -0.155. The van der Waals surface area contributed by atoms with Crippen LogP contribution in [-0.4, -0.2) is 35.1 Å². The number of fused-ring (bicyclic) bond motifs is 2. The van der Waals surface area contributed by atoms with Crippen molar-refractivity contribution in [1.82, 2.24) is 5.32 Å². The number of aliphatic carboxylic acids is 1. The van der Waals surface area contributed by atoms with Crippen molar-refractivity contribution in [3.8, 4) is 0 Å². The highest BCUT2D eigenvalue weighted by atomic mass is 16.5. The van der Waals surface area contributed by atoms with Crippen LogP contribution in [0.1, 0.15) is 43.7 Å². The van der Waals surface area contributed by atoms with Crippen molar-refractivity contribution in [2.24, 2.45) is 17.6 Å². The number of carboxylic acids is 1. The van der Waals surface area contributed by atoms with E-state index in [9.17, 15) is 14.4 Å². The summed E-state index contributed by atoms with van der Waals surface area (Å²) in [7, 11) is 0. The van der Waals surface area contributed by atoms with E-state index < -0.39 is 36.4 Å². The van der Waals surface area contributed by atoms with E-state index in [0.717, 1.165) is 19.3 Å². The summed E-state index contributed by atoms with van der Waals surface area (Å²) in [6.07, 6.45) is 3.65. The second-order valence-electron chi connectivity index (χ2n) is 7.21. The molecule has 0 aromatic heterocycles. The van der Waals surface area contributed by atoms with Crippen LogP contribution in [0.5, 0.6) is 0 Å². The van der Waals surface area contributed by atoms with Gasteiger partial charge in [0.15, 0.2) is 6.04 Å². The Morgan fingerprint density at radius 3 is 2.50 bits per heavy atom. The molecule has 4 N–H and O–H groups in total. The molecule has 2 saturated carbocycles. The van der Waals surface area contributed by atoms with Gasteiger partial charge in [-0.1, -0.05) is 30.3 Å². The maximum absolute atomic E-state index is 12.8. The lowest BCUT2D eigenvalue weighted by atomic mass is 9.97. The summed E-state index contributed by atoms with van der Waals surface area (Å²) in [6, 6.07) is 6.54. The molecule has 2 aliphatic rings. The maximum Gasteiger partial charge on any atom is 0.333 e. The zero-order valence-electron chi connectivity index (χ0n) is 14.5. The van der Waals surface area contributed by atoms with E-state index in [-0.39, 0.29) is 6.10 Å². The highest BCUT2D eigenvalue weighted by Crippen LogP contribution is 2.46. The number of amides is 1. The third-order valence-corrected chi connectivity index (χ3v) is 5.33. The minimum atomic E-state index is -1.23. The molecule has 1 aromatic carbocycles. The molecule has 7 nitrogen and oxygen atoms in total. The summed E-state index contributed by atoms with van der Waals surface area (Å²) in [4.78, 5) is 35.7. The number of carbonyl (C=O) groups is 3. The topological polar surface area (TPSA) is 119 Å². The van der Waals surface area contributed by atoms with E-state index in [2.05, 4.69) is 5.32 Å². The molecule has 140 valence electrons. The largest absolute Gasteiger partial charge is 0.481 e. The molecule has 3 rings (SSSR count). The highest BCUT2D eigenvalue weighted by Gasteiger charge is 2.42. The van der Waals surface area contributed by atoms with Gasteiger partial charge in [-0.2, -0.15) is 0 Å². The second kappa shape index (κ2) is 7.86. The van der Waals surface area contributed by atoms with E-state index in [1.54, 1.807) is 30.3 Å². The van der Waals surface area contributed by atoms with Gasteiger partial charge < -0.3 is 20.9 Å². The summed E-state index contributed by atoms with van der Waals surface area (Å²) in [5.41, 5.74) is 6.19. The predicted molar refractivity (Wildman–Crippen MR) is 92.9 cm³/mol. The van der Waals surface area contributed by atoms with Crippen LogP contribution in [0, 0.1) is 11.8 Å². The van der Waals surface area contributed by atoms with E-state index in [1.165, 1.54) is 6.42 Å². The molecule has 0 heterocycles. The quantitative estimate of drug-likeness (QED) is 0.632. The number of benzene rings is 1. The molecule has 0 radical (unpaired) electrons. The van der Waals surface area contributed by atoms with Crippen LogP contribution >= 0.6 is 0 Å². The Balaban J connectivity index is 1.70. The van der Waals surface area contributed by atoms with Crippen LogP contribution in [-0.2, 0) is 19.1 Å². The highest BCUT2D eigenvalue weighted by molar-refractivity contribution is 5.90. The van der Waals surface area contributed by atoms with Crippen LogP contribution in [0.15, 0.2) is 30.3 Å². The van der Waals surface area contributed by atoms with Gasteiger partial charge in [-0.25, -0.2) is 4.79 Å². The average molecular weight is 360 g/mol. The summed E-state index contributed by atoms with van der Waals surface area (Å²) in [5, 5.41) is 11.3. The van der Waals surface area contributed by atoms with Crippen molar-refractivity contribution in [1.29, 1.82) is 0 Å². The number of hydrogen-bond donors (Lipinski definition) is 3. The summed E-state index contributed by atoms with van der Waals surface area (Å²) in [6.45, 7) is 0. The van der Waals surface area contributed by atoms with Gasteiger partial charge in [-0.3, -0.25) is 9.59 Å². The molecule has 1 amide bonds. The number of hydrogen-bond acceptors (Lipinski definition) is 5. The lowest BCUT2D eigenvalue weighted by Gasteiger charge is -2.26. The van der Waals surface area contributed by atoms with Gasteiger partial charge >= 0.3 is 11.9 Å². The molecule has 7 heteroatoms. The first kappa shape index (κ1) is 18.4. The fourth-order valence-corrected chi connectivity index (χ4v) is 4.00. The zero-order valence-corrected chi connectivity index (χ0v) is 14.5. The molecular weight excluding hydrogens is 336 g/mol. The molecule has 5 atom stereocenters. The fourth-order valence-electron chi connectivity index (χ4n) is 4.00. The lowest BCUT2D eigenvalue weighted by Crippen LogP contribution is -2.46. The van der Waals surface area contributed by atoms with Gasteiger partial charge in [0.1, 0.15) is 6.10 Å². The monoisotopic (exact) mass is 360 g/mol. The molecule has 2 fully saturated rings. The van der Waals surface area contributed by atoms with Crippen LogP contribution < -0.4 is 11.1 Å². The van der Waals surface area contributed by atoms with Crippen molar-refractivity contribution in [3.05, 3.63) is 35.9 Å². The SMILES string of the molecule is N[C@@H](CC(=O)O)C(=O)N[C@@H](C(=O)OC1CC2CCC1C2)c1ccccc1. The molecule has 0 aliphatic heterocycles. The molecule has 2 aliphatic carbocycles. The molecular formula is C19H24N2O5. The summed E-state index contributed by atoms with van der Waals surface area (Å²) >= 11 is 0. The fraction of sp³-hybridized carbons (Fsp3) is 0.526. The minimum Gasteiger partial charge on any atom is -0.481 e. The third-order valence-electron chi connectivity index (χ3n) is 5.33. The molecule has 1 aromatic rings. The first-order valence-corrected chi connectivity index (χ1v) is 8.97. The van der Waals surface area contributed by atoms with Crippen molar-refractivity contribution >= 4 is 17.8 Å². The Kier molecular flexibility index (Phi) is 5.56. The van der Waals surface area contributed by atoms with E-state index in [4.69, 9.17) is 15.6 Å². The van der Waals surface area contributed by atoms with Crippen molar-refractivity contribution in [2.45, 2.75) is 50.3 Å². The molecule has 3 unspecified atom stereocenters. The molecule has 0 saturated heterocycles. The standard InChI is InChI=1S/C19H24N2O5/c20-14(10-16(22)23)18(24)21-17(12-4-2-1-3-5-12)19(25)26-15-9-11-6-7-13(15)8-11/h1-5,11,13-15,17H,6-10,20H2,(H,21,24)(H,22,23)/t11?,13?,14-,15?,17+/m0/s1. The summed E-state index contributed by atoms with van der Waals surface area (Å²) in [5.74, 6) is -1.35. The van der Waals surface area contributed by atoms with Gasteiger partial charge in [0.05, 0.1) is 12.5 Å². The third kappa shape index (κ3) is 4.22. The number of ether oxygens (including phenoxy) is 1. The Labute approximate surface area is 151 Å². The van der Waals surface area contributed by atoms with E-state index in [1.807, 2.05) is 0 Å². The van der Waals surface area contributed by atoms with Gasteiger partial charge in [0, 0.05) is 0 Å². The first-order valence-electron chi connectivity index (χ1n) is 8.97. The Hall–Kier alpha value is -2.41. The summed E-state index contributed by atoms with van der Waals surface area (Å²) < 4.78 is 5.71. The Morgan fingerprint density at radius 2 is 1.92 bits per heavy atom. The second-order valence-corrected chi connectivity index (χ2v) is 7.21. The van der Waals surface area contributed by atoms with Crippen molar-refractivity contribution in [2.75, 3.05) is 0 Å². The average Bonchev–Trinajstić information content (AvgIpc) is 3.22. The van der Waals surface area contributed by atoms with Gasteiger partial charge in [-0.05, 0) is 43.1 Å². The number of rotatable bonds is 7. The maximum atomic E-state index is 12.8. The van der Waals surface area contributed by atoms with Gasteiger partial charge in [0.2, 0.25) is 5.91 Å². The van der Waals surface area contributed by atoms with Crippen molar-refractivity contribution < 1.29 is 24.2 Å². The number of esters is 1. The van der Waals surface area contributed by atoms with Crippen LogP contribution in [0.25, 0.3) is 0 Å². The van der Waals surface area contributed by atoms with Crippen molar-refractivity contribution in [3.63, 3.8) is 0 Å². The van der Waals surface area contributed by atoms with Crippen LogP contribution in [0.4, 0.5) is 0 Å². The zero-order chi connectivity index (χ0) is 18.7. The van der Waals surface area contributed by atoms with Gasteiger partial charge in [0.25, 0.3) is 0 Å². The minimum absolute atomic E-state index is 0.0999. The predicted octanol–water partition coefficient (Wildman–Crippen LogP) is 1.38.